The lowest BCUT2D eigenvalue weighted by Gasteiger charge is -2.21. The molecule has 0 aliphatic carbocycles. The van der Waals surface area contributed by atoms with E-state index in [1.807, 2.05) is 6.92 Å². The van der Waals surface area contributed by atoms with E-state index in [-0.39, 0.29) is 10.6 Å². The molecule has 1 aromatic carbocycles. The summed E-state index contributed by atoms with van der Waals surface area (Å²) in [6.45, 7) is 5.47. The largest absolute Gasteiger partial charge is 0.443 e. The molecule has 124 valence electrons. The zero-order valence-corrected chi connectivity index (χ0v) is 13.2. The van der Waals surface area contributed by atoms with E-state index in [2.05, 4.69) is 6.58 Å². The number of rotatable bonds is 6. The van der Waals surface area contributed by atoms with Crippen LogP contribution in [-0.4, -0.2) is 35.9 Å². The molecule has 0 radical (unpaired) electrons. The van der Waals surface area contributed by atoms with Crippen LogP contribution in [0.2, 0.25) is 0 Å². The first-order valence-electron chi connectivity index (χ1n) is 6.95. The van der Waals surface area contributed by atoms with Crippen LogP contribution in [0.5, 0.6) is 0 Å². The summed E-state index contributed by atoms with van der Waals surface area (Å²) in [6.07, 6.45) is 1.03. The average Bonchev–Trinajstić information content (AvgIpc) is 2.83. The molecule has 2 rings (SSSR count). The minimum atomic E-state index is -4.18. The minimum Gasteiger partial charge on any atom is -0.443 e. The molecular formula is C14H16N2O6S. The minimum absolute atomic E-state index is 0.218. The average molecular weight is 340 g/mol. The molecule has 9 heteroatoms. The molecule has 0 spiro atoms. The van der Waals surface area contributed by atoms with Crippen molar-refractivity contribution in [1.82, 2.24) is 4.31 Å². The van der Waals surface area contributed by atoms with Crippen LogP contribution in [0.15, 0.2) is 41.8 Å². The Morgan fingerprint density at radius 1 is 1.39 bits per heavy atom. The topological polar surface area (TPSA) is 107 Å². The molecular weight excluding hydrogens is 324 g/mol. The van der Waals surface area contributed by atoms with Crippen molar-refractivity contribution in [2.24, 2.45) is 0 Å². The van der Waals surface area contributed by atoms with E-state index in [0.29, 0.717) is 17.1 Å². The first-order valence-corrected chi connectivity index (χ1v) is 8.39. The number of non-ortho nitro benzene ring substituents is 1. The number of benzene rings is 1. The van der Waals surface area contributed by atoms with Crippen LogP contribution in [0.1, 0.15) is 19.8 Å². The lowest BCUT2D eigenvalue weighted by atomic mass is 10.1. The van der Waals surface area contributed by atoms with Crippen molar-refractivity contribution in [3.63, 3.8) is 0 Å². The molecule has 1 amide bonds. The van der Waals surface area contributed by atoms with Gasteiger partial charge in [0.05, 0.1) is 9.82 Å². The first-order chi connectivity index (χ1) is 10.8. The standard InChI is InChI=1S/C14H16N2O6S/c1-3-5-13-12(4-2)15(14(17)22-13)23(20,21)11-8-6-10(7-9-11)16(18)19/h4,6-9,12-13H,2-3,5H2,1H3/t12-,13-/m1/s1. The number of carbonyl (C=O) groups is 1. The second kappa shape index (κ2) is 6.37. The molecule has 1 fully saturated rings. The fourth-order valence-corrected chi connectivity index (χ4v) is 3.89. The van der Waals surface area contributed by atoms with Crippen LogP contribution in [0.25, 0.3) is 0 Å². The predicted octanol–water partition coefficient (Wildman–Crippen LogP) is 2.46. The van der Waals surface area contributed by atoms with Crippen LogP contribution in [0, 0.1) is 10.1 Å². The van der Waals surface area contributed by atoms with Crippen molar-refractivity contribution >= 4 is 21.8 Å². The molecule has 1 saturated heterocycles. The van der Waals surface area contributed by atoms with Crippen LogP contribution < -0.4 is 0 Å². The molecule has 0 unspecified atom stereocenters. The third-order valence-corrected chi connectivity index (χ3v) is 5.28. The number of cyclic esters (lactones) is 1. The lowest BCUT2D eigenvalue weighted by molar-refractivity contribution is -0.384. The maximum absolute atomic E-state index is 12.7. The van der Waals surface area contributed by atoms with Gasteiger partial charge < -0.3 is 4.74 Å². The number of ether oxygens (including phenoxy) is 1. The highest BCUT2D eigenvalue weighted by Crippen LogP contribution is 2.30. The van der Waals surface area contributed by atoms with Crippen LogP contribution in [-0.2, 0) is 14.8 Å². The number of hydrogen-bond acceptors (Lipinski definition) is 6. The normalized spacial score (nSPS) is 21.1. The van der Waals surface area contributed by atoms with E-state index < -0.39 is 33.2 Å². The van der Waals surface area contributed by atoms with Gasteiger partial charge in [-0.2, -0.15) is 4.31 Å². The van der Waals surface area contributed by atoms with Crippen molar-refractivity contribution in [2.45, 2.75) is 36.8 Å². The summed E-state index contributed by atoms with van der Waals surface area (Å²) in [7, 11) is -4.18. The summed E-state index contributed by atoms with van der Waals surface area (Å²) in [4.78, 5) is 21.8. The van der Waals surface area contributed by atoms with Gasteiger partial charge in [-0.3, -0.25) is 10.1 Å². The zero-order valence-electron chi connectivity index (χ0n) is 12.4. The number of nitro benzene ring substituents is 1. The second-order valence-corrected chi connectivity index (χ2v) is 6.80. The summed E-state index contributed by atoms with van der Waals surface area (Å²) in [5.74, 6) is 0. The van der Waals surface area contributed by atoms with E-state index in [1.54, 1.807) is 0 Å². The summed E-state index contributed by atoms with van der Waals surface area (Å²) in [5, 5.41) is 10.6. The SMILES string of the molecule is C=C[C@@H]1[C@@H](CCC)OC(=O)N1S(=O)(=O)c1ccc([N+](=O)[O-])cc1. The molecule has 1 aromatic rings. The van der Waals surface area contributed by atoms with Gasteiger partial charge in [0, 0.05) is 12.1 Å². The number of amides is 1. The Kier molecular flexibility index (Phi) is 4.69. The molecule has 0 saturated carbocycles. The van der Waals surface area contributed by atoms with Gasteiger partial charge in [-0.1, -0.05) is 19.4 Å². The Hall–Kier alpha value is -2.42. The van der Waals surface area contributed by atoms with E-state index in [4.69, 9.17) is 4.74 Å². The summed E-state index contributed by atoms with van der Waals surface area (Å²) < 4.78 is 31.1. The lowest BCUT2D eigenvalue weighted by Crippen LogP contribution is -2.39. The Labute approximate surface area is 133 Å². The highest BCUT2D eigenvalue weighted by Gasteiger charge is 2.46. The third kappa shape index (κ3) is 3.04. The number of carbonyl (C=O) groups excluding carboxylic acids is 1. The fraction of sp³-hybridized carbons (Fsp3) is 0.357. The van der Waals surface area contributed by atoms with Gasteiger partial charge in [-0.05, 0) is 18.6 Å². The molecule has 2 atom stereocenters. The van der Waals surface area contributed by atoms with E-state index in [0.717, 1.165) is 24.3 Å². The zero-order chi connectivity index (χ0) is 17.2. The van der Waals surface area contributed by atoms with Crippen LogP contribution >= 0.6 is 0 Å². The molecule has 1 heterocycles. The monoisotopic (exact) mass is 340 g/mol. The quantitative estimate of drug-likeness (QED) is 0.447. The van der Waals surface area contributed by atoms with Gasteiger partial charge in [0.15, 0.2) is 0 Å². The van der Waals surface area contributed by atoms with E-state index >= 15 is 0 Å². The second-order valence-electron chi connectivity index (χ2n) is 4.99. The van der Waals surface area contributed by atoms with Crippen molar-refractivity contribution in [3.8, 4) is 0 Å². The third-order valence-electron chi connectivity index (χ3n) is 3.50. The van der Waals surface area contributed by atoms with Crippen LogP contribution in [0.4, 0.5) is 10.5 Å². The first kappa shape index (κ1) is 16.9. The smallest absolute Gasteiger partial charge is 0.424 e. The number of hydrogen-bond donors (Lipinski definition) is 0. The number of sulfonamides is 1. The molecule has 0 N–H and O–H groups in total. The van der Waals surface area contributed by atoms with Gasteiger partial charge in [-0.15, -0.1) is 6.58 Å². The maximum Gasteiger partial charge on any atom is 0.424 e. The molecule has 1 aliphatic heterocycles. The predicted molar refractivity (Wildman–Crippen MR) is 81.3 cm³/mol. The highest BCUT2D eigenvalue weighted by molar-refractivity contribution is 7.89. The van der Waals surface area contributed by atoms with Crippen molar-refractivity contribution in [1.29, 1.82) is 0 Å². The van der Waals surface area contributed by atoms with Gasteiger partial charge in [-0.25, -0.2) is 13.2 Å². The molecule has 0 aromatic heterocycles. The Morgan fingerprint density at radius 2 is 2.00 bits per heavy atom. The highest BCUT2D eigenvalue weighted by atomic mass is 32.2. The van der Waals surface area contributed by atoms with Crippen LogP contribution in [0.3, 0.4) is 0 Å². The van der Waals surface area contributed by atoms with Crippen molar-refractivity contribution in [2.75, 3.05) is 0 Å². The van der Waals surface area contributed by atoms with Gasteiger partial charge in [0.1, 0.15) is 12.1 Å². The maximum atomic E-state index is 12.7. The van der Waals surface area contributed by atoms with Gasteiger partial charge in [0.25, 0.3) is 15.7 Å². The summed E-state index contributed by atoms with van der Waals surface area (Å²) in [6, 6.07) is 3.52. The Balaban J connectivity index is 2.39. The van der Waals surface area contributed by atoms with Gasteiger partial charge >= 0.3 is 6.09 Å². The number of nitrogens with zero attached hydrogens (tertiary/aromatic N) is 2. The Morgan fingerprint density at radius 3 is 2.48 bits per heavy atom. The fourth-order valence-electron chi connectivity index (χ4n) is 2.40. The van der Waals surface area contributed by atoms with Crippen molar-refractivity contribution < 1.29 is 22.9 Å². The molecule has 23 heavy (non-hydrogen) atoms. The summed E-state index contributed by atoms with van der Waals surface area (Å²) >= 11 is 0. The van der Waals surface area contributed by atoms with Gasteiger partial charge in [0.2, 0.25) is 0 Å². The van der Waals surface area contributed by atoms with Crippen molar-refractivity contribution in [3.05, 3.63) is 47.0 Å². The van der Waals surface area contributed by atoms with E-state index in [9.17, 15) is 23.3 Å². The Bertz CT molecular complexity index is 728. The molecule has 8 nitrogen and oxygen atoms in total. The molecule has 0 bridgehead atoms. The number of nitro groups is 1. The molecule has 1 aliphatic rings. The summed E-state index contributed by atoms with van der Waals surface area (Å²) in [5.41, 5.74) is -0.239. The van der Waals surface area contributed by atoms with E-state index in [1.165, 1.54) is 6.08 Å².